The van der Waals surface area contributed by atoms with Gasteiger partial charge in [-0.25, -0.2) is 4.68 Å². The lowest BCUT2D eigenvalue weighted by atomic mass is 10.1. The Balaban J connectivity index is 1.95. The number of benzene rings is 2. The van der Waals surface area contributed by atoms with Gasteiger partial charge in [-0.15, -0.1) is 6.58 Å². The van der Waals surface area contributed by atoms with Crippen LogP contribution in [0.2, 0.25) is 0 Å². The maximum absolute atomic E-state index is 10.6. The summed E-state index contributed by atoms with van der Waals surface area (Å²) in [4.78, 5) is 2.25. The lowest BCUT2D eigenvalue weighted by molar-refractivity contribution is 0.0155. The molecule has 0 aliphatic carbocycles. The molecule has 2 atom stereocenters. The third-order valence-electron chi connectivity index (χ3n) is 5.98. The second kappa shape index (κ2) is 13.1. The molecule has 7 heteroatoms. The summed E-state index contributed by atoms with van der Waals surface area (Å²) in [6, 6.07) is 17.7. The summed E-state index contributed by atoms with van der Waals surface area (Å²) >= 11 is 0. The summed E-state index contributed by atoms with van der Waals surface area (Å²) in [6.07, 6.45) is 2.02. The molecule has 35 heavy (non-hydrogen) atoms. The van der Waals surface area contributed by atoms with Gasteiger partial charge in [0, 0.05) is 19.1 Å². The fourth-order valence-corrected chi connectivity index (χ4v) is 3.80. The van der Waals surface area contributed by atoms with Crippen molar-refractivity contribution >= 4 is 0 Å². The van der Waals surface area contributed by atoms with Gasteiger partial charge in [0.1, 0.15) is 11.5 Å². The van der Waals surface area contributed by atoms with E-state index in [1.54, 1.807) is 13.2 Å². The van der Waals surface area contributed by atoms with Crippen LogP contribution in [0, 0.1) is 6.92 Å². The van der Waals surface area contributed by atoms with Gasteiger partial charge in [0.05, 0.1) is 43.4 Å². The second-order valence-corrected chi connectivity index (χ2v) is 8.56. The second-order valence-electron chi connectivity index (χ2n) is 8.56. The SMILES string of the molecule is C=CCOCC(O)CN(Cc1c(C)nn(-c2ccccc2)c1Oc1ccc(OC)cc1)C(C)CC. The summed E-state index contributed by atoms with van der Waals surface area (Å²) in [5.74, 6) is 2.11. The molecule has 0 fully saturated rings. The standard InChI is InChI=1S/C28H37N3O4/c1-6-17-34-20-24(32)18-30(21(3)7-2)19-27-22(4)29-31(23-11-9-8-10-12-23)28(27)35-26-15-13-25(33-5)14-16-26/h6,8-16,21,24,32H,1,7,17-20H2,2-5H3. The number of hydrogen-bond donors (Lipinski definition) is 1. The van der Waals surface area contributed by atoms with Gasteiger partial charge in [-0.05, 0) is 56.7 Å². The van der Waals surface area contributed by atoms with Crippen molar-refractivity contribution in [3.05, 3.63) is 78.5 Å². The highest BCUT2D eigenvalue weighted by atomic mass is 16.5. The van der Waals surface area contributed by atoms with Crippen molar-refractivity contribution in [1.29, 1.82) is 0 Å². The van der Waals surface area contributed by atoms with Gasteiger partial charge in [0.2, 0.25) is 5.88 Å². The predicted molar refractivity (Wildman–Crippen MR) is 139 cm³/mol. The van der Waals surface area contributed by atoms with Gasteiger partial charge in [0.25, 0.3) is 0 Å². The number of para-hydroxylation sites is 1. The van der Waals surface area contributed by atoms with Crippen LogP contribution < -0.4 is 9.47 Å². The van der Waals surface area contributed by atoms with Crippen LogP contribution in [0.25, 0.3) is 5.69 Å². The number of nitrogens with zero attached hydrogens (tertiary/aromatic N) is 3. The van der Waals surface area contributed by atoms with Crippen LogP contribution in [0.15, 0.2) is 67.3 Å². The molecule has 1 aromatic heterocycles. The largest absolute Gasteiger partial charge is 0.497 e. The Labute approximate surface area is 208 Å². The van der Waals surface area contributed by atoms with Crippen LogP contribution in [-0.2, 0) is 11.3 Å². The molecule has 2 unspecified atom stereocenters. The smallest absolute Gasteiger partial charge is 0.227 e. The van der Waals surface area contributed by atoms with Crippen molar-refractivity contribution < 1.29 is 19.3 Å². The van der Waals surface area contributed by atoms with E-state index in [9.17, 15) is 5.11 Å². The summed E-state index contributed by atoms with van der Waals surface area (Å²) in [5, 5.41) is 15.4. The molecule has 0 aliphatic rings. The van der Waals surface area contributed by atoms with Crippen LogP contribution in [-0.4, -0.2) is 58.8 Å². The maximum Gasteiger partial charge on any atom is 0.227 e. The number of aromatic nitrogens is 2. The molecule has 0 amide bonds. The van der Waals surface area contributed by atoms with Crippen molar-refractivity contribution in [2.24, 2.45) is 0 Å². The minimum Gasteiger partial charge on any atom is -0.497 e. The quantitative estimate of drug-likeness (QED) is 0.255. The zero-order valence-electron chi connectivity index (χ0n) is 21.2. The van der Waals surface area contributed by atoms with E-state index in [4.69, 9.17) is 19.3 Å². The van der Waals surface area contributed by atoms with E-state index in [1.807, 2.05) is 66.2 Å². The molecule has 0 spiro atoms. The van der Waals surface area contributed by atoms with Crippen LogP contribution in [0.5, 0.6) is 17.4 Å². The minimum atomic E-state index is -0.612. The first kappa shape index (κ1) is 26.5. The third-order valence-corrected chi connectivity index (χ3v) is 5.98. The molecule has 0 radical (unpaired) electrons. The summed E-state index contributed by atoms with van der Waals surface area (Å²) in [7, 11) is 1.64. The number of aliphatic hydroxyl groups is 1. The van der Waals surface area contributed by atoms with Crippen molar-refractivity contribution in [2.45, 2.75) is 45.9 Å². The number of aliphatic hydroxyl groups excluding tert-OH is 1. The van der Waals surface area contributed by atoms with Gasteiger partial charge in [-0.2, -0.15) is 5.10 Å². The Morgan fingerprint density at radius 1 is 1.11 bits per heavy atom. The van der Waals surface area contributed by atoms with Gasteiger partial charge in [-0.3, -0.25) is 4.90 Å². The van der Waals surface area contributed by atoms with E-state index in [1.165, 1.54) is 0 Å². The van der Waals surface area contributed by atoms with Gasteiger partial charge < -0.3 is 19.3 Å². The Hall–Kier alpha value is -3.13. The molecular weight excluding hydrogens is 442 g/mol. The number of ether oxygens (including phenoxy) is 3. The molecule has 188 valence electrons. The average molecular weight is 480 g/mol. The highest BCUT2D eigenvalue weighted by Gasteiger charge is 2.24. The van der Waals surface area contributed by atoms with Gasteiger partial charge >= 0.3 is 0 Å². The van der Waals surface area contributed by atoms with E-state index < -0.39 is 6.10 Å². The molecule has 0 saturated heterocycles. The predicted octanol–water partition coefficient (Wildman–Crippen LogP) is 5.15. The average Bonchev–Trinajstić information content (AvgIpc) is 3.18. The normalized spacial score (nSPS) is 13.0. The van der Waals surface area contributed by atoms with Crippen LogP contribution in [0.3, 0.4) is 0 Å². The zero-order chi connectivity index (χ0) is 25.2. The fourth-order valence-electron chi connectivity index (χ4n) is 3.80. The molecule has 1 heterocycles. The zero-order valence-corrected chi connectivity index (χ0v) is 21.2. The van der Waals surface area contributed by atoms with Crippen molar-refractivity contribution in [3.63, 3.8) is 0 Å². The minimum absolute atomic E-state index is 0.248. The number of hydrogen-bond acceptors (Lipinski definition) is 6. The van der Waals surface area contributed by atoms with E-state index in [2.05, 4.69) is 25.3 Å². The highest BCUT2D eigenvalue weighted by molar-refractivity contribution is 5.44. The fraction of sp³-hybridized carbons (Fsp3) is 0.393. The molecule has 3 rings (SSSR count). The van der Waals surface area contributed by atoms with E-state index >= 15 is 0 Å². The molecule has 0 saturated carbocycles. The summed E-state index contributed by atoms with van der Waals surface area (Å²) in [5.41, 5.74) is 2.77. The highest BCUT2D eigenvalue weighted by Crippen LogP contribution is 2.33. The summed E-state index contributed by atoms with van der Waals surface area (Å²) in [6.45, 7) is 11.7. The lowest BCUT2D eigenvalue weighted by Gasteiger charge is -2.30. The first-order valence-corrected chi connectivity index (χ1v) is 12.0. The Bertz CT molecular complexity index is 1050. The van der Waals surface area contributed by atoms with E-state index in [0.717, 1.165) is 29.1 Å². The van der Waals surface area contributed by atoms with Gasteiger partial charge in [-0.1, -0.05) is 31.2 Å². The molecule has 7 nitrogen and oxygen atoms in total. The Morgan fingerprint density at radius 3 is 2.43 bits per heavy atom. The Morgan fingerprint density at radius 2 is 1.80 bits per heavy atom. The molecule has 0 bridgehead atoms. The maximum atomic E-state index is 10.6. The molecule has 0 aliphatic heterocycles. The summed E-state index contributed by atoms with van der Waals surface area (Å²) < 4.78 is 19.0. The molecule has 3 aromatic rings. The lowest BCUT2D eigenvalue weighted by Crippen LogP contribution is -2.40. The Kier molecular flexibility index (Phi) is 9.90. The van der Waals surface area contributed by atoms with Gasteiger partial charge in [0.15, 0.2) is 0 Å². The van der Waals surface area contributed by atoms with E-state index in [0.29, 0.717) is 31.3 Å². The number of rotatable bonds is 14. The topological polar surface area (TPSA) is 69.0 Å². The molecule has 2 aromatic carbocycles. The van der Waals surface area contributed by atoms with Crippen molar-refractivity contribution in [1.82, 2.24) is 14.7 Å². The van der Waals surface area contributed by atoms with Crippen LogP contribution in [0.1, 0.15) is 31.5 Å². The molecular formula is C28H37N3O4. The number of aryl methyl sites for hydroxylation is 1. The van der Waals surface area contributed by atoms with Crippen LogP contribution in [0.4, 0.5) is 0 Å². The third kappa shape index (κ3) is 7.18. The first-order valence-electron chi connectivity index (χ1n) is 12.0. The van der Waals surface area contributed by atoms with Crippen molar-refractivity contribution in [2.75, 3.05) is 26.9 Å². The van der Waals surface area contributed by atoms with Crippen molar-refractivity contribution in [3.8, 4) is 23.1 Å². The van der Waals surface area contributed by atoms with Crippen LogP contribution >= 0.6 is 0 Å². The number of methoxy groups -OCH3 is 1. The molecule has 1 N–H and O–H groups in total. The van der Waals surface area contributed by atoms with E-state index in [-0.39, 0.29) is 12.6 Å². The monoisotopic (exact) mass is 479 g/mol. The first-order chi connectivity index (χ1) is 17.0.